The second kappa shape index (κ2) is 6.00. The van der Waals surface area contributed by atoms with E-state index in [4.69, 9.17) is 5.21 Å². The number of aromatic nitrogens is 1. The van der Waals surface area contributed by atoms with Gasteiger partial charge < -0.3 is 19.8 Å². The summed E-state index contributed by atoms with van der Waals surface area (Å²) in [6.07, 6.45) is 2.45. The third kappa shape index (κ3) is 2.54. The normalized spacial score (nSPS) is 18.6. The molecular weight excluding hydrogens is 367 g/mol. The Morgan fingerprint density at radius 3 is 2.44 bits per heavy atom. The van der Waals surface area contributed by atoms with Gasteiger partial charge in [0.2, 0.25) is 5.43 Å². The number of carboxylic acids is 1. The second-order valence-electron chi connectivity index (χ2n) is 6.67. The van der Waals surface area contributed by atoms with E-state index in [-0.39, 0.29) is 31.3 Å². The molecule has 2 heterocycles. The molecule has 0 unspecified atom stereocenters. The first-order valence-electron chi connectivity index (χ1n) is 8.28. The van der Waals surface area contributed by atoms with E-state index in [0.717, 1.165) is 6.20 Å². The summed E-state index contributed by atoms with van der Waals surface area (Å²) in [5.41, 5.74) is -2.83. The summed E-state index contributed by atoms with van der Waals surface area (Å²) >= 11 is 0. The number of aromatic carboxylic acids is 1. The molecule has 1 aliphatic heterocycles. The molecule has 1 aromatic heterocycles. The van der Waals surface area contributed by atoms with Crippen LogP contribution in [0.4, 0.5) is 18.9 Å². The van der Waals surface area contributed by atoms with Crippen LogP contribution in [0.2, 0.25) is 0 Å². The molecular formula is C17H14F3N3O4. The molecule has 1 aliphatic carbocycles. The number of carboxylic acid groups (broad SMARTS) is 1. The van der Waals surface area contributed by atoms with Crippen LogP contribution < -0.4 is 10.3 Å². The maximum atomic E-state index is 15.3. The average molecular weight is 381 g/mol. The van der Waals surface area contributed by atoms with E-state index in [9.17, 15) is 23.5 Å². The number of nitrogens with zero attached hydrogens (tertiary/aromatic N) is 3. The van der Waals surface area contributed by atoms with Crippen LogP contribution >= 0.6 is 0 Å². The highest BCUT2D eigenvalue weighted by Crippen LogP contribution is 2.40. The van der Waals surface area contributed by atoms with Gasteiger partial charge in [-0.2, -0.15) is 0 Å². The average Bonchev–Trinajstić information content (AvgIpc) is 3.37. The van der Waals surface area contributed by atoms with Gasteiger partial charge in [0.05, 0.1) is 23.2 Å². The molecule has 27 heavy (non-hydrogen) atoms. The summed E-state index contributed by atoms with van der Waals surface area (Å²) in [5, 5.41) is 20.2. The maximum absolute atomic E-state index is 15.3. The monoisotopic (exact) mass is 381 g/mol. The molecule has 2 aromatic rings. The van der Waals surface area contributed by atoms with Crippen molar-refractivity contribution >= 4 is 28.3 Å². The molecule has 1 saturated heterocycles. The van der Waals surface area contributed by atoms with Gasteiger partial charge in [-0.3, -0.25) is 4.79 Å². The Bertz CT molecular complexity index is 1080. The number of carbonyl (C=O) groups is 1. The van der Waals surface area contributed by atoms with Crippen LogP contribution in [0, 0.1) is 17.5 Å². The molecule has 0 radical (unpaired) electrons. The van der Waals surface area contributed by atoms with E-state index in [1.807, 2.05) is 0 Å². The van der Waals surface area contributed by atoms with E-state index >= 15 is 4.39 Å². The van der Waals surface area contributed by atoms with Crippen molar-refractivity contribution in [3.05, 3.63) is 39.4 Å². The topological polar surface area (TPSA) is 95.1 Å². The number of rotatable bonds is 3. The predicted octanol–water partition coefficient (Wildman–Crippen LogP) is 2.49. The third-order valence-electron chi connectivity index (χ3n) is 4.94. The van der Waals surface area contributed by atoms with E-state index in [1.165, 1.54) is 9.47 Å². The van der Waals surface area contributed by atoms with Crippen molar-refractivity contribution in [2.24, 2.45) is 5.16 Å². The maximum Gasteiger partial charge on any atom is 0.341 e. The van der Waals surface area contributed by atoms with Gasteiger partial charge in [0, 0.05) is 25.2 Å². The zero-order valence-electron chi connectivity index (χ0n) is 13.9. The van der Waals surface area contributed by atoms with E-state index in [2.05, 4.69) is 5.16 Å². The zero-order chi connectivity index (χ0) is 19.5. The molecule has 2 N–H and O–H groups in total. The molecule has 0 amide bonds. The Kier molecular flexibility index (Phi) is 3.86. The highest BCUT2D eigenvalue weighted by molar-refractivity contribution is 5.96. The van der Waals surface area contributed by atoms with E-state index < -0.39 is 51.0 Å². The number of halogens is 3. The fraction of sp³-hybridized carbons (Fsp3) is 0.353. The number of hydrogen-bond acceptors (Lipinski definition) is 5. The number of anilines is 1. The SMILES string of the molecule is O=C(O)c1cn(C2CC2)c2c(F)c(N3CCC(=NO)C3)c(F)c(F)c2c1=O. The van der Waals surface area contributed by atoms with E-state index in [0.29, 0.717) is 12.8 Å². The van der Waals surface area contributed by atoms with Crippen molar-refractivity contribution in [1.29, 1.82) is 0 Å². The van der Waals surface area contributed by atoms with Gasteiger partial charge in [0.1, 0.15) is 11.3 Å². The minimum atomic E-state index is -1.59. The zero-order valence-corrected chi connectivity index (χ0v) is 13.9. The van der Waals surface area contributed by atoms with Crippen LogP contribution in [0.25, 0.3) is 10.9 Å². The number of fused-ring (bicyclic) bond motifs is 1. The molecule has 10 heteroatoms. The van der Waals surface area contributed by atoms with Crippen LogP contribution in [-0.2, 0) is 0 Å². The Morgan fingerprint density at radius 1 is 1.19 bits per heavy atom. The van der Waals surface area contributed by atoms with Gasteiger partial charge in [0.25, 0.3) is 0 Å². The van der Waals surface area contributed by atoms with Crippen molar-refractivity contribution in [2.45, 2.75) is 25.3 Å². The fourth-order valence-electron chi connectivity index (χ4n) is 3.47. The lowest BCUT2D eigenvalue weighted by Gasteiger charge is -2.22. The lowest BCUT2D eigenvalue weighted by atomic mass is 10.1. The van der Waals surface area contributed by atoms with Crippen LogP contribution in [0.15, 0.2) is 16.1 Å². The molecule has 1 aromatic carbocycles. The number of pyridine rings is 1. The highest BCUT2D eigenvalue weighted by Gasteiger charge is 2.34. The molecule has 0 bridgehead atoms. The summed E-state index contributed by atoms with van der Waals surface area (Å²) < 4.78 is 46.0. The van der Waals surface area contributed by atoms with Gasteiger partial charge in [0.15, 0.2) is 17.5 Å². The smallest absolute Gasteiger partial charge is 0.341 e. The van der Waals surface area contributed by atoms with Crippen molar-refractivity contribution in [3.63, 3.8) is 0 Å². The van der Waals surface area contributed by atoms with Crippen LogP contribution in [0.1, 0.15) is 35.7 Å². The first kappa shape index (κ1) is 17.4. The van der Waals surface area contributed by atoms with Crippen molar-refractivity contribution in [1.82, 2.24) is 4.57 Å². The molecule has 0 spiro atoms. The Balaban J connectivity index is 2.07. The number of benzene rings is 1. The molecule has 1 saturated carbocycles. The summed E-state index contributed by atoms with van der Waals surface area (Å²) in [4.78, 5) is 24.9. The molecule has 4 rings (SSSR count). The summed E-state index contributed by atoms with van der Waals surface area (Å²) in [5.74, 6) is -5.88. The largest absolute Gasteiger partial charge is 0.477 e. The quantitative estimate of drug-likeness (QED) is 0.484. The summed E-state index contributed by atoms with van der Waals surface area (Å²) in [6.45, 7) is 0.0230. The van der Waals surface area contributed by atoms with Crippen LogP contribution in [0.5, 0.6) is 0 Å². The first-order valence-corrected chi connectivity index (χ1v) is 8.28. The third-order valence-corrected chi connectivity index (χ3v) is 4.94. The van der Waals surface area contributed by atoms with Gasteiger partial charge in [-0.15, -0.1) is 0 Å². The number of oxime groups is 1. The number of hydrogen-bond donors (Lipinski definition) is 2. The lowest BCUT2D eigenvalue weighted by Crippen LogP contribution is -2.26. The molecule has 2 aliphatic rings. The molecule has 2 fully saturated rings. The highest BCUT2D eigenvalue weighted by atomic mass is 19.2. The van der Waals surface area contributed by atoms with Crippen molar-refractivity contribution in [3.8, 4) is 0 Å². The van der Waals surface area contributed by atoms with E-state index in [1.54, 1.807) is 0 Å². The Labute approximate surface area is 149 Å². The minimum Gasteiger partial charge on any atom is -0.477 e. The summed E-state index contributed by atoms with van der Waals surface area (Å²) in [6, 6.07) is -0.286. The Morgan fingerprint density at radius 2 is 1.89 bits per heavy atom. The molecule has 7 nitrogen and oxygen atoms in total. The molecule has 0 atom stereocenters. The second-order valence-corrected chi connectivity index (χ2v) is 6.67. The van der Waals surface area contributed by atoms with Crippen molar-refractivity contribution < 1.29 is 28.3 Å². The van der Waals surface area contributed by atoms with Gasteiger partial charge in [-0.05, 0) is 12.8 Å². The van der Waals surface area contributed by atoms with Gasteiger partial charge in [-0.1, -0.05) is 5.16 Å². The summed E-state index contributed by atoms with van der Waals surface area (Å²) in [7, 11) is 0. The lowest BCUT2D eigenvalue weighted by molar-refractivity contribution is 0.0694. The van der Waals surface area contributed by atoms with Crippen LogP contribution in [0.3, 0.4) is 0 Å². The standard InChI is InChI=1S/C17H14F3N3O4/c18-11-10-14(23(8-1-2-8)6-9(16(10)24)17(25)26)13(20)15(12(11)19)22-4-3-7(5-22)21-27/h6,8,27H,1-5H2,(H,25,26). The first-order chi connectivity index (χ1) is 12.8. The predicted molar refractivity (Wildman–Crippen MR) is 89.4 cm³/mol. The minimum absolute atomic E-state index is 0.0871. The van der Waals surface area contributed by atoms with Crippen LogP contribution in [-0.4, -0.2) is 39.7 Å². The Hall–Kier alpha value is -3.04. The van der Waals surface area contributed by atoms with Gasteiger partial charge >= 0.3 is 5.97 Å². The fourth-order valence-corrected chi connectivity index (χ4v) is 3.47. The van der Waals surface area contributed by atoms with Gasteiger partial charge in [-0.25, -0.2) is 18.0 Å². The molecule has 142 valence electrons. The van der Waals surface area contributed by atoms with Crippen molar-refractivity contribution in [2.75, 3.05) is 18.0 Å².